The number of nitrogens with zero attached hydrogens (tertiary/aromatic N) is 3. The second-order valence-corrected chi connectivity index (χ2v) is 9.81. The molecule has 1 saturated carbocycles. The monoisotopic (exact) mass is 420 g/mol. The van der Waals surface area contributed by atoms with Crippen molar-refractivity contribution in [2.24, 2.45) is 5.41 Å². The molecule has 1 saturated heterocycles. The van der Waals surface area contributed by atoms with E-state index >= 15 is 0 Å². The number of nitrogens with one attached hydrogen (secondary N) is 1. The number of benzene rings is 1. The molecule has 3 aliphatic carbocycles. The number of anilines is 1. The van der Waals surface area contributed by atoms with Crippen LogP contribution in [-0.4, -0.2) is 47.1 Å². The molecule has 1 N–H and O–H groups in total. The van der Waals surface area contributed by atoms with Crippen molar-refractivity contribution in [2.75, 3.05) is 31.1 Å². The van der Waals surface area contributed by atoms with E-state index in [-0.39, 0.29) is 11.4 Å². The summed E-state index contributed by atoms with van der Waals surface area (Å²) in [6.45, 7) is 3.87. The highest BCUT2D eigenvalue weighted by atomic mass is 19.1. The number of H-pyrrole nitrogens is 1. The summed E-state index contributed by atoms with van der Waals surface area (Å²) in [4.78, 5) is 25.6. The smallest absolute Gasteiger partial charge is 0.254 e. The van der Waals surface area contributed by atoms with E-state index in [1.54, 1.807) is 0 Å². The lowest BCUT2D eigenvalue weighted by molar-refractivity contribution is 0.214. The Morgan fingerprint density at radius 3 is 2.55 bits per heavy atom. The highest BCUT2D eigenvalue weighted by molar-refractivity contribution is 5.63. The van der Waals surface area contributed by atoms with Crippen LogP contribution in [0.15, 0.2) is 35.1 Å². The normalized spacial score (nSPS) is 24.9. The van der Waals surface area contributed by atoms with E-state index in [2.05, 4.69) is 20.9 Å². The van der Waals surface area contributed by atoms with Gasteiger partial charge in [0.15, 0.2) is 0 Å². The van der Waals surface area contributed by atoms with Crippen LogP contribution in [0.5, 0.6) is 0 Å². The molecule has 5 nitrogen and oxygen atoms in total. The minimum absolute atomic E-state index is 0.0863. The number of hydrogen-bond acceptors (Lipinski definition) is 4. The van der Waals surface area contributed by atoms with E-state index in [4.69, 9.17) is 4.98 Å². The second kappa shape index (κ2) is 7.30. The number of rotatable bonds is 3. The van der Waals surface area contributed by atoms with Gasteiger partial charge in [-0.2, -0.15) is 0 Å². The fraction of sp³-hybridized carbons (Fsp3) is 0.520. The minimum atomic E-state index is -0.188. The Balaban J connectivity index is 1.14. The first-order valence-electron chi connectivity index (χ1n) is 11.7. The molecule has 2 fully saturated rings. The SMILES string of the molecule is O=c1[nH]c(C2=C[C@@H](N3CCN(c4ccc(F)cc4)CC3)CC2)nc2c1CC1(CC2)CC1. The number of aryl methyl sites for hydroxylation is 1. The van der Waals surface area contributed by atoms with Crippen molar-refractivity contribution in [3.63, 3.8) is 0 Å². The van der Waals surface area contributed by atoms with Gasteiger partial charge in [-0.15, -0.1) is 0 Å². The third-order valence-electron chi connectivity index (χ3n) is 7.88. The zero-order valence-corrected chi connectivity index (χ0v) is 17.9. The summed E-state index contributed by atoms with van der Waals surface area (Å²) in [6, 6.07) is 7.19. The lowest BCUT2D eigenvalue weighted by Crippen LogP contribution is -2.49. The Morgan fingerprint density at radius 2 is 1.81 bits per heavy atom. The van der Waals surface area contributed by atoms with Crippen LogP contribution in [0.2, 0.25) is 0 Å². The summed E-state index contributed by atoms with van der Waals surface area (Å²) in [7, 11) is 0. The molecule has 1 aromatic carbocycles. The predicted octanol–water partition coefficient (Wildman–Crippen LogP) is 3.55. The van der Waals surface area contributed by atoms with Crippen molar-refractivity contribution in [3.05, 3.63) is 63.6 Å². The average Bonchev–Trinajstić information content (AvgIpc) is 3.35. The topological polar surface area (TPSA) is 52.2 Å². The molecule has 6 heteroatoms. The molecule has 0 radical (unpaired) electrons. The Labute approximate surface area is 182 Å². The van der Waals surface area contributed by atoms with Crippen LogP contribution < -0.4 is 10.5 Å². The van der Waals surface area contributed by atoms with Gasteiger partial charge < -0.3 is 9.88 Å². The van der Waals surface area contributed by atoms with Crippen molar-refractivity contribution in [1.29, 1.82) is 0 Å². The first-order chi connectivity index (χ1) is 15.1. The summed E-state index contributed by atoms with van der Waals surface area (Å²) < 4.78 is 13.2. The number of aromatic nitrogens is 2. The van der Waals surface area contributed by atoms with Crippen LogP contribution in [0, 0.1) is 11.2 Å². The highest BCUT2D eigenvalue weighted by Gasteiger charge is 2.45. The molecule has 0 unspecified atom stereocenters. The third-order valence-corrected chi connectivity index (χ3v) is 7.88. The Bertz CT molecular complexity index is 1080. The third kappa shape index (κ3) is 3.61. The van der Waals surface area contributed by atoms with Crippen LogP contribution >= 0.6 is 0 Å². The van der Waals surface area contributed by atoms with Crippen LogP contribution in [0.1, 0.15) is 49.2 Å². The number of halogens is 1. The van der Waals surface area contributed by atoms with Gasteiger partial charge in [-0.1, -0.05) is 6.08 Å². The van der Waals surface area contributed by atoms with Crippen LogP contribution in [0.25, 0.3) is 5.57 Å². The van der Waals surface area contributed by atoms with Gasteiger partial charge >= 0.3 is 0 Å². The number of hydrogen-bond donors (Lipinski definition) is 1. The van der Waals surface area contributed by atoms with Gasteiger partial charge in [0, 0.05) is 43.5 Å². The number of aromatic amines is 1. The van der Waals surface area contributed by atoms with Gasteiger partial charge in [0.25, 0.3) is 5.56 Å². The molecule has 31 heavy (non-hydrogen) atoms. The standard InChI is InChI=1S/C25H29FN4O/c26-18-2-5-19(6-3-18)29-11-13-30(14-12-29)20-4-1-17(15-20)23-27-22-7-8-25(9-10-25)16-21(22)24(31)28-23/h2-3,5-6,15,20H,1,4,7-14,16H2,(H,27,28,31)/t20-/m0/s1. The van der Waals surface area contributed by atoms with Crippen molar-refractivity contribution in [3.8, 4) is 0 Å². The molecule has 4 aliphatic rings. The first kappa shape index (κ1) is 19.2. The minimum Gasteiger partial charge on any atom is -0.369 e. The maximum Gasteiger partial charge on any atom is 0.254 e. The van der Waals surface area contributed by atoms with E-state index in [9.17, 15) is 9.18 Å². The molecule has 1 aliphatic heterocycles. The van der Waals surface area contributed by atoms with E-state index in [0.29, 0.717) is 11.5 Å². The van der Waals surface area contributed by atoms with Gasteiger partial charge in [0.1, 0.15) is 11.6 Å². The lowest BCUT2D eigenvalue weighted by Gasteiger charge is -2.38. The summed E-state index contributed by atoms with van der Waals surface area (Å²) in [5.74, 6) is 0.606. The maximum atomic E-state index is 13.2. The fourth-order valence-electron chi connectivity index (χ4n) is 5.69. The van der Waals surface area contributed by atoms with Gasteiger partial charge in [-0.25, -0.2) is 9.37 Å². The molecule has 0 amide bonds. The van der Waals surface area contributed by atoms with Crippen LogP contribution in [0.3, 0.4) is 0 Å². The van der Waals surface area contributed by atoms with E-state index in [1.165, 1.54) is 37.0 Å². The molecule has 2 heterocycles. The molecule has 162 valence electrons. The van der Waals surface area contributed by atoms with Crippen LogP contribution in [0.4, 0.5) is 10.1 Å². The van der Waals surface area contributed by atoms with Gasteiger partial charge in [-0.05, 0) is 80.2 Å². The largest absolute Gasteiger partial charge is 0.369 e. The van der Waals surface area contributed by atoms with Crippen molar-refractivity contribution in [1.82, 2.24) is 14.9 Å². The van der Waals surface area contributed by atoms with Crippen molar-refractivity contribution >= 4 is 11.3 Å². The Morgan fingerprint density at radius 1 is 1.03 bits per heavy atom. The number of allylic oxidation sites excluding steroid dienone is 1. The highest BCUT2D eigenvalue weighted by Crippen LogP contribution is 2.53. The fourth-order valence-corrected chi connectivity index (χ4v) is 5.69. The number of piperazine rings is 1. The molecule has 1 atom stereocenters. The Hall–Kier alpha value is -2.47. The Kier molecular flexibility index (Phi) is 4.53. The lowest BCUT2D eigenvalue weighted by atomic mass is 9.84. The molecule has 2 aromatic rings. The molecular formula is C25H29FN4O. The summed E-state index contributed by atoms with van der Waals surface area (Å²) in [6.07, 6.45) is 9.98. The van der Waals surface area contributed by atoms with Gasteiger partial charge in [0.05, 0.1) is 5.69 Å². The van der Waals surface area contributed by atoms with Crippen molar-refractivity contribution in [2.45, 2.75) is 51.0 Å². The quantitative estimate of drug-likeness (QED) is 0.825. The zero-order chi connectivity index (χ0) is 21.0. The van der Waals surface area contributed by atoms with Crippen molar-refractivity contribution < 1.29 is 4.39 Å². The summed E-state index contributed by atoms with van der Waals surface area (Å²) in [5, 5.41) is 0. The van der Waals surface area contributed by atoms with E-state index in [1.807, 2.05) is 12.1 Å². The van der Waals surface area contributed by atoms with Gasteiger partial charge in [0.2, 0.25) is 0 Å². The number of fused-ring (bicyclic) bond motifs is 1. The zero-order valence-electron chi connectivity index (χ0n) is 17.9. The molecule has 0 bridgehead atoms. The summed E-state index contributed by atoms with van der Waals surface area (Å²) in [5.41, 5.74) is 4.78. The summed E-state index contributed by atoms with van der Waals surface area (Å²) >= 11 is 0. The average molecular weight is 421 g/mol. The predicted molar refractivity (Wildman–Crippen MR) is 120 cm³/mol. The molecule has 6 rings (SSSR count). The molecule has 1 aromatic heterocycles. The second-order valence-electron chi connectivity index (χ2n) is 9.81. The first-order valence-corrected chi connectivity index (χ1v) is 11.7. The maximum absolute atomic E-state index is 13.2. The molecular weight excluding hydrogens is 391 g/mol. The van der Waals surface area contributed by atoms with Gasteiger partial charge in [-0.3, -0.25) is 9.69 Å². The van der Waals surface area contributed by atoms with E-state index < -0.39 is 0 Å². The van der Waals surface area contributed by atoms with Crippen LogP contribution in [-0.2, 0) is 12.8 Å². The van der Waals surface area contributed by atoms with E-state index in [0.717, 1.165) is 74.6 Å². The molecule has 1 spiro atoms.